The predicted octanol–water partition coefficient (Wildman–Crippen LogP) is -2.00. The fourth-order valence-corrected chi connectivity index (χ4v) is 16.1. The standard InChI is InChI=1S/C18H29N3O5.C18H27N3O5.C15H23N3O5.2C15H21N3O5.C12H17N3O5/c2*1-2-3-4-9-19-16(22)20(10-5-7-14-12-25-14)18(24)21(17(19)23)11-6-8-15-13-26-15;1-4-5-6-16-13(19)17(7-11-9(2)22-11)15(21)18(14(16)20)8-12-10(3)23-12;2*1-2-3-6-16-13(19)17(7-4-11-9-22-11)15(21)18(14(16)20)8-5-12-10-23-12;1-6-8(19-6)4-14-10(16)13(3)11(17)15(12(14)18)5-9-7(2)20-9/h14-15H,2-13H2,1H3;2,14-15H,1,3-13H2;9-12H,4-8H2,1-3H3;3,6,11-12H,2,4-5,7-10H2,1H3;2,11-12H,1,3-10H2;6-9H,4-5H2,1-3H3/b;;;6-3+;;. The van der Waals surface area contributed by atoms with E-state index in [0.29, 0.717) is 156 Å². The van der Waals surface area contributed by atoms with Crippen LogP contribution in [0, 0.1) is 0 Å². The summed E-state index contributed by atoms with van der Waals surface area (Å²) >= 11 is 0. The quantitative estimate of drug-likeness (QED) is 0.0226. The zero-order valence-electron chi connectivity index (χ0n) is 82.1. The third-order valence-corrected chi connectivity index (χ3v) is 26.3. The van der Waals surface area contributed by atoms with Gasteiger partial charge in [-0.25, -0.2) is 169 Å². The van der Waals surface area contributed by atoms with E-state index in [2.05, 4.69) is 20.1 Å². The first kappa shape index (κ1) is 107. The molecule has 0 N–H and O–H groups in total. The maximum Gasteiger partial charge on any atom is 0.340 e. The number of epoxide rings is 12. The SMILES string of the molecule is C=CCCCn1c(=O)n(CCCC2CO2)c(=O)n(CCCC2CO2)c1=O.C=CCCn1c(=O)n(CCC2CO2)c(=O)n(CCC2CO2)c1=O.CC/C=C/n1c(=O)n(CCC2CO2)c(=O)n(CCC2CO2)c1=O.CC1OC1Cn1c(=O)n(C)c(=O)n(CC2OC2C)c1=O.CCCCCn1c(=O)n(CCCC2CO2)c(=O)n(CCCC2CO2)c1=O.CCCCn1c(=O)n(CC2OC2C)c(=O)n(CC2OC2C)c1=O. The van der Waals surface area contributed by atoms with E-state index in [1.165, 1.54) is 40.7 Å². The lowest BCUT2D eigenvalue weighted by molar-refractivity contribution is 0.329. The van der Waals surface area contributed by atoms with Crippen LogP contribution in [0.5, 0.6) is 0 Å². The smallest absolute Gasteiger partial charge is 0.340 e. The van der Waals surface area contributed by atoms with E-state index in [9.17, 15) is 86.3 Å². The van der Waals surface area contributed by atoms with Crippen LogP contribution in [0.25, 0.3) is 6.20 Å². The second-order valence-electron chi connectivity index (χ2n) is 37.5. The topological polar surface area (TPSA) is 546 Å². The molecule has 0 bridgehead atoms. The van der Waals surface area contributed by atoms with E-state index in [4.69, 9.17) is 56.8 Å². The van der Waals surface area contributed by atoms with Crippen molar-refractivity contribution in [3.63, 3.8) is 0 Å². The number of hydrogen-bond acceptors (Lipinski definition) is 30. The van der Waals surface area contributed by atoms with Crippen molar-refractivity contribution in [1.82, 2.24) is 82.2 Å². The summed E-state index contributed by atoms with van der Waals surface area (Å²) in [5, 5.41) is 0. The molecule has 780 valence electrons. The molecule has 48 heteroatoms. The third-order valence-electron chi connectivity index (χ3n) is 26.3. The average Bonchev–Trinajstić information content (AvgIpc) is 1.64. The van der Waals surface area contributed by atoms with Gasteiger partial charge in [-0.15, -0.1) is 13.2 Å². The van der Waals surface area contributed by atoms with Crippen LogP contribution in [0.3, 0.4) is 0 Å². The largest absolute Gasteiger partial charge is 0.373 e. The number of hydrogen-bond donors (Lipinski definition) is 0. The van der Waals surface area contributed by atoms with Crippen LogP contribution in [0.1, 0.15) is 183 Å². The Bertz CT molecular complexity index is 6250. The Labute approximate surface area is 807 Å². The molecule has 0 saturated carbocycles. The maximum atomic E-state index is 12.7. The van der Waals surface area contributed by atoms with Crippen molar-refractivity contribution in [3.8, 4) is 0 Å². The van der Waals surface area contributed by atoms with Gasteiger partial charge in [-0.1, -0.05) is 58.3 Å². The fourth-order valence-electron chi connectivity index (χ4n) is 16.1. The van der Waals surface area contributed by atoms with Gasteiger partial charge in [0.05, 0.1) is 152 Å². The highest BCUT2D eigenvalue weighted by molar-refractivity contribution is 5.20. The Balaban J connectivity index is 0.000000143. The van der Waals surface area contributed by atoms with Gasteiger partial charge < -0.3 is 56.8 Å². The lowest BCUT2D eigenvalue weighted by Gasteiger charge is -2.13. The van der Waals surface area contributed by atoms with Crippen LogP contribution in [0.15, 0.2) is 118 Å². The second kappa shape index (κ2) is 49.9. The van der Waals surface area contributed by atoms with Crippen molar-refractivity contribution in [2.45, 2.75) is 386 Å². The lowest BCUT2D eigenvalue weighted by atomic mass is 10.2. The molecule has 16 unspecified atom stereocenters. The van der Waals surface area contributed by atoms with E-state index in [-0.39, 0.29) is 157 Å². The molecule has 0 spiro atoms. The molecule has 0 radical (unpaired) electrons. The highest BCUT2D eigenvalue weighted by Gasteiger charge is 2.41. The van der Waals surface area contributed by atoms with Crippen molar-refractivity contribution in [2.24, 2.45) is 7.05 Å². The molecular weight excluding hydrogens is 1850 g/mol. The summed E-state index contributed by atoms with van der Waals surface area (Å²) in [6.07, 6.45) is 22.9. The highest BCUT2D eigenvalue weighted by atomic mass is 16.6. The van der Waals surface area contributed by atoms with Crippen LogP contribution < -0.4 is 102 Å². The van der Waals surface area contributed by atoms with E-state index >= 15 is 0 Å². The molecule has 141 heavy (non-hydrogen) atoms. The molecule has 0 aromatic carbocycles. The molecule has 6 aromatic rings. The summed E-state index contributed by atoms with van der Waals surface area (Å²) < 4.78 is 82.7. The number of nitrogens with zero attached hydrogens (tertiary/aromatic N) is 18. The van der Waals surface area contributed by atoms with Gasteiger partial charge >= 0.3 is 102 Å². The van der Waals surface area contributed by atoms with Crippen LogP contribution >= 0.6 is 0 Å². The minimum Gasteiger partial charge on any atom is -0.373 e. The fraction of sp³-hybridized carbons (Fsp3) is 0.742. The zero-order valence-corrected chi connectivity index (χ0v) is 82.1. The first-order valence-electron chi connectivity index (χ1n) is 49.9. The molecule has 12 saturated heterocycles. The van der Waals surface area contributed by atoms with Gasteiger partial charge in [-0.05, 0) is 143 Å². The van der Waals surface area contributed by atoms with Crippen molar-refractivity contribution in [3.05, 3.63) is 220 Å². The van der Waals surface area contributed by atoms with Crippen LogP contribution in [0.4, 0.5) is 0 Å². The summed E-state index contributed by atoms with van der Waals surface area (Å²) in [5.41, 5.74) is -9.83. The minimum absolute atomic E-state index is 0.0394. The van der Waals surface area contributed by atoms with E-state index in [0.717, 1.165) is 133 Å². The molecule has 6 aromatic heterocycles. The van der Waals surface area contributed by atoms with Gasteiger partial charge in [0.1, 0.15) is 24.4 Å². The molecule has 16 atom stereocenters. The van der Waals surface area contributed by atoms with Gasteiger partial charge in [-0.2, -0.15) is 0 Å². The Hall–Kier alpha value is -10.8. The van der Waals surface area contributed by atoms with E-state index < -0.39 is 102 Å². The number of aromatic nitrogens is 18. The second-order valence-corrected chi connectivity index (χ2v) is 37.5. The Kier molecular flexibility index (Phi) is 38.1. The molecule has 12 aliphatic heterocycles. The lowest BCUT2D eigenvalue weighted by Crippen LogP contribution is -2.55. The minimum atomic E-state index is -0.608. The number of rotatable bonds is 52. The summed E-state index contributed by atoms with van der Waals surface area (Å²) in [6, 6.07) is 0. The summed E-state index contributed by atoms with van der Waals surface area (Å²) in [7, 11) is 1.37. The normalized spacial score (nSPS) is 24.2. The van der Waals surface area contributed by atoms with Crippen molar-refractivity contribution < 1.29 is 56.8 Å². The van der Waals surface area contributed by atoms with Crippen molar-refractivity contribution in [2.75, 3.05) is 52.9 Å². The van der Waals surface area contributed by atoms with Crippen LogP contribution in [-0.2, 0) is 169 Å². The highest BCUT2D eigenvalue weighted by Crippen LogP contribution is 2.26. The van der Waals surface area contributed by atoms with Crippen LogP contribution in [-0.4, -0.2) is 233 Å². The predicted molar refractivity (Wildman–Crippen MR) is 511 cm³/mol. The first-order valence-corrected chi connectivity index (χ1v) is 49.9. The first-order chi connectivity index (χ1) is 67.8. The molecule has 0 aliphatic carbocycles. The Morgan fingerprint density at radius 2 is 0.454 bits per heavy atom. The number of ether oxygens (including phenoxy) is 12. The maximum absolute atomic E-state index is 12.7. The Morgan fingerprint density at radius 1 is 0.248 bits per heavy atom. The van der Waals surface area contributed by atoms with Crippen molar-refractivity contribution in [1.29, 1.82) is 0 Å². The van der Waals surface area contributed by atoms with Gasteiger partial charge in [0.15, 0.2) is 0 Å². The van der Waals surface area contributed by atoms with Crippen LogP contribution in [0.2, 0.25) is 0 Å². The van der Waals surface area contributed by atoms with Gasteiger partial charge in [-0.3, -0.25) is 0 Å². The number of unbranched alkanes of at least 4 members (excludes halogenated alkanes) is 4. The number of allylic oxidation sites excluding steroid dienone is 3. The van der Waals surface area contributed by atoms with Gasteiger partial charge in [0.2, 0.25) is 0 Å². The van der Waals surface area contributed by atoms with E-state index in [1.807, 2.05) is 41.5 Å². The van der Waals surface area contributed by atoms with Gasteiger partial charge in [0, 0.05) is 91.8 Å². The Morgan fingerprint density at radius 3 is 0.695 bits per heavy atom. The molecule has 18 heterocycles. The van der Waals surface area contributed by atoms with E-state index in [1.54, 1.807) is 18.2 Å². The zero-order chi connectivity index (χ0) is 101. The average molecular weight is 1990 g/mol. The summed E-state index contributed by atoms with van der Waals surface area (Å²) in [4.78, 5) is 225. The van der Waals surface area contributed by atoms with Gasteiger partial charge in [0.25, 0.3) is 0 Å². The third kappa shape index (κ3) is 30.2. The molecule has 48 nitrogen and oxygen atoms in total. The molecule has 18 rings (SSSR count). The molecule has 12 fully saturated rings. The molecule has 12 aliphatic rings. The van der Waals surface area contributed by atoms with Crippen molar-refractivity contribution >= 4 is 6.20 Å². The summed E-state index contributed by atoms with van der Waals surface area (Å²) in [6.45, 7) is 30.7. The summed E-state index contributed by atoms with van der Waals surface area (Å²) in [5.74, 6) is 0. The molecule has 0 amide bonds. The molecular formula is C93H138N18O30. The monoisotopic (exact) mass is 1990 g/mol.